The summed E-state index contributed by atoms with van der Waals surface area (Å²) in [5.41, 5.74) is 4.00. The number of sulfonamides is 1. The number of rotatable bonds is 6. The Morgan fingerprint density at radius 2 is 1.62 bits per heavy atom. The molecule has 0 aliphatic carbocycles. The van der Waals surface area contributed by atoms with E-state index < -0.39 is 10.0 Å². The number of nitrogens with zero attached hydrogens (tertiary/aromatic N) is 1. The summed E-state index contributed by atoms with van der Waals surface area (Å²) in [6, 6.07) is 25.3. The number of amides is 2. The fraction of sp³-hybridized carbons (Fsp3) is 0.240. The first kappa shape index (κ1) is 22.0. The summed E-state index contributed by atoms with van der Waals surface area (Å²) in [5.74, 6) is 0. The summed E-state index contributed by atoms with van der Waals surface area (Å²) in [6.07, 6.45) is 0.871. The quantitative estimate of drug-likeness (QED) is 0.604. The van der Waals surface area contributed by atoms with Crippen LogP contribution < -0.4 is 10.5 Å². The molecule has 7 heteroatoms. The maximum Gasteiger partial charge on any atom is 0.317 e. The van der Waals surface area contributed by atoms with E-state index in [-0.39, 0.29) is 16.3 Å². The van der Waals surface area contributed by atoms with Gasteiger partial charge in [-0.25, -0.2) is 18.4 Å². The van der Waals surface area contributed by atoms with Gasteiger partial charge >= 0.3 is 6.03 Å². The second-order valence-electron chi connectivity index (χ2n) is 8.46. The van der Waals surface area contributed by atoms with Crippen molar-refractivity contribution in [3.63, 3.8) is 0 Å². The fourth-order valence-corrected chi connectivity index (χ4v) is 4.93. The van der Waals surface area contributed by atoms with Crippen molar-refractivity contribution in [1.82, 2.24) is 10.2 Å². The summed E-state index contributed by atoms with van der Waals surface area (Å²) in [6.45, 7) is 3.41. The van der Waals surface area contributed by atoms with Gasteiger partial charge in [0.1, 0.15) is 0 Å². The summed E-state index contributed by atoms with van der Waals surface area (Å²) in [5, 5.41) is 8.15. The number of aryl methyl sites for hydroxylation is 1. The van der Waals surface area contributed by atoms with Crippen LogP contribution >= 0.6 is 0 Å². The number of urea groups is 1. The monoisotopic (exact) mass is 449 g/mol. The molecule has 3 aromatic rings. The van der Waals surface area contributed by atoms with Crippen molar-refractivity contribution in [3.8, 4) is 0 Å². The molecule has 0 saturated carbocycles. The number of nitrogens with two attached hydrogens (primary N) is 1. The number of hydrogen-bond acceptors (Lipinski definition) is 3. The van der Waals surface area contributed by atoms with Crippen molar-refractivity contribution < 1.29 is 13.2 Å². The molecule has 1 aliphatic rings. The predicted octanol–water partition coefficient (Wildman–Crippen LogP) is 3.35. The lowest BCUT2D eigenvalue weighted by Crippen LogP contribution is -2.64. The highest BCUT2D eigenvalue weighted by Gasteiger charge is 2.46. The van der Waals surface area contributed by atoms with Crippen molar-refractivity contribution >= 4 is 16.1 Å². The van der Waals surface area contributed by atoms with Gasteiger partial charge < -0.3 is 10.2 Å². The van der Waals surface area contributed by atoms with Crippen LogP contribution in [0.25, 0.3) is 0 Å². The summed E-state index contributed by atoms with van der Waals surface area (Å²) in [4.78, 5) is 14.7. The van der Waals surface area contributed by atoms with Gasteiger partial charge in [-0.15, -0.1) is 0 Å². The van der Waals surface area contributed by atoms with Crippen molar-refractivity contribution in [2.75, 3.05) is 13.1 Å². The van der Waals surface area contributed by atoms with Gasteiger partial charge in [0.25, 0.3) is 0 Å². The van der Waals surface area contributed by atoms with Gasteiger partial charge in [-0.05, 0) is 47.7 Å². The van der Waals surface area contributed by atoms with Crippen LogP contribution in [-0.4, -0.2) is 32.4 Å². The van der Waals surface area contributed by atoms with E-state index in [0.717, 1.165) is 17.5 Å². The molecule has 0 spiro atoms. The first-order valence-corrected chi connectivity index (χ1v) is 12.1. The zero-order valence-corrected chi connectivity index (χ0v) is 18.8. The molecule has 4 rings (SSSR count). The standard InChI is InChI=1S/C25H27N3O3S/c1-19-14-23(32(26,30)31)13-12-21(19)16-27-24(29)28-17-25(18-28,22-10-6-3-7-11-22)15-20-8-4-2-5-9-20/h2-14H,15-18H2,1H3,(H,27,29)(H2,26,30,31). The van der Waals surface area contributed by atoms with Crippen LogP contribution in [0.1, 0.15) is 22.3 Å². The van der Waals surface area contributed by atoms with E-state index in [1.165, 1.54) is 23.3 Å². The smallest absolute Gasteiger partial charge is 0.317 e. The number of likely N-dealkylation sites (tertiary alicyclic amines) is 1. The first-order valence-electron chi connectivity index (χ1n) is 10.5. The van der Waals surface area contributed by atoms with Gasteiger partial charge in [0.2, 0.25) is 10.0 Å². The van der Waals surface area contributed by atoms with E-state index in [2.05, 4.69) is 29.6 Å². The Balaban J connectivity index is 1.43. The maximum absolute atomic E-state index is 12.8. The molecule has 1 saturated heterocycles. The van der Waals surface area contributed by atoms with Crippen molar-refractivity contribution in [2.45, 2.75) is 30.2 Å². The number of nitrogens with one attached hydrogen (secondary N) is 1. The number of hydrogen-bond donors (Lipinski definition) is 2. The predicted molar refractivity (Wildman–Crippen MR) is 125 cm³/mol. The minimum Gasteiger partial charge on any atom is -0.334 e. The zero-order valence-electron chi connectivity index (χ0n) is 18.0. The van der Waals surface area contributed by atoms with Gasteiger partial charge in [-0.1, -0.05) is 66.7 Å². The lowest BCUT2D eigenvalue weighted by molar-refractivity contribution is 0.0909. The zero-order chi connectivity index (χ0) is 22.8. The summed E-state index contributed by atoms with van der Waals surface area (Å²) < 4.78 is 23.0. The van der Waals surface area contributed by atoms with E-state index in [9.17, 15) is 13.2 Å². The van der Waals surface area contributed by atoms with E-state index in [0.29, 0.717) is 19.6 Å². The van der Waals surface area contributed by atoms with Crippen molar-refractivity contribution in [3.05, 3.63) is 101 Å². The van der Waals surface area contributed by atoms with Crippen LogP contribution in [0.15, 0.2) is 83.8 Å². The van der Waals surface area contributed by atoms with Gasteiger partial charge in [0.05, 0.1) is 4.90 Å². The molecule has 0 bridgehead atoms. The number of carbonyl (C=O) groups excluding carboxylic acids is 1. The molecule has 1 fully saturated rings. The SMILES string of the molecule is Cc1cc(S(N)(=O)=O)ccc1CNC(=O)N1CC(Cc2ccccc2)(c2ccccc2)C1. The molecular weight excluding hydrogens is 422 g/mol. The van der Waals surface area contributed by atoms with E-state index >= 15 is 0 Å². The fourth-order valence-electron chi connectivity index (χ4n) is 4.33. The second kappa shape index (κ2) is 8.76. The van der Waals surface area contributed by atoms with Gasteiger partial charge in [0.15, 0.2) is 0 Å². The van der Waals surface area contributed by atoms with Crippen LogP contribution in [0.2, 0.25) is 0 Å². The number of benzene rings is 3. The van der Waals surface area contributed by atoms with E-state index in [4.69, 9.17) is 5.14 Å². The molecule has 1 aliphatic heterocycles. The molecular formula is C25H27N3O3S. The molecule has 0 aromatic heterocycles. The number of carbonyl (C=O) groups is 1. The topological polar surface area (TPSA) is 92.5 Å². The Hall–Kier alpha value is -3.16. The minimum absolute atomic E-state index is 0.0707. The lowest BCUT2D eigenvalue weighted by Gasteiger charge is -2.50. The first-order chi connectivity index (χ1) is 15.3. The van der Waals surface area contributed by atoms with Gasteiger partial charge in [0, 0.05) is 25.0 Å². The Morgan fingerprint density at radius 3 is 2.22 bits per heavy atom. The van der Waals surface area contributed by atoms with E-state index in [1.807, 2.05) is 41.3 Å². The van der Waals surface area contributed by atoms with Gasteiger partial charge in [-0.2, -0.15) is 0 Å². The molecule has 6 nitrogen and oxygen atoms in total. The molecule has 166 valence electrons. The minimum atomic E-state index is -3.74. The van der Waals surface area contributed by atoms with Crippen LogP contribution in [0.4, 0.5) is 4.79 Å². The summed E-state index contributed by atoms with van der Waals surface area (Å²) >= 11 is 0. The average molecular weight is 450 g/mol. The molecule has 3 N–H and O–H groups in total. The molecule has 0 atom stereocenters. The normalized spacial score (nSPS) is 15.1. The third-order valence-corrected chi connectivity index (χ3v) is 7.03. The average Bonchev–Trinajstić information content (AvgIpc) is 2.75. The van der Waals surface area contributed by atoms with Crippen LogP contribution in [0.5, 0.6) is 0 Å². The Morgan fingerprint density at radius 1 is 1.00 bits per heavy atom. The second-order valence-corrected chi connectivity index (χ2v) is 10.0. The highest BCUT2D eigenvalue weighted by molar-refractivity contribution is 7.89. The van der Waals surface area contributed by atoms with Crippen LogP contribution in [0, 0.1) is 6.92 Å². The van der Waals surface area contributed by atoms with Crippen LogP contribution in [0.3, 0.4) is 0 Å². The molecule has 32 heavy (non-hydrogen) atoms. The van der Waals surface area contributed by atoms with Crippen molar-refractivity contribution in [2.24, 2.45) is 5.14 Å². The van der Waals surface area contributed by atoms with Crippen LogP contribution in [-0.2, 0) is 28.4 Å². The molecule has 0 radical (unpaired) electrons. The molecule has 3 aromatic carbocycles. The lowest BCUT2D eigenvalue weighted by atomic mass is 9.70. The largest absolute Gasteiger partial charge is 0.334 e. The Labute approximate surface area is 189 Å². The Kier molecular flexibility index (Phi) is 6.04. The Bertz CT molecular complexity index is 1210. The van der Waals surface area contributed by atoms with E-state index in [1.54, 1.807) is 13.0 Å². The van der Waals surface area contributed by atoms with Crippen molar-refractivity contribution in [1.29, 1.82) is 0 Å². The molecule has 2 amide bonds. The molecule has 0 unspecified atom stereocenters. The number of primary sulfonamides is 1. The third kappa shape index (κ3) is 4.69. The van der Waals surface area contributed by atoms with Gasteiger partial charge in [-0.3, -0.25) is 0 Å². The summed E-state index contributed by atoms with van der Waals surface area (Å²) in [7, 11) is -3.74. The maximum atomic E-state index is 12.8. The highest BCUT2D eigenvalue weighted by atomic mass is 32.2. The highest BCUT2D eigenvalue weighted by Crippen LogP contribution is 2.38. The third-order valence-electron chi connectivity index (χ3n) is 6.12. The molecule has 1 heterocycles.